The van der Waals surface area contributed by atoms with Crippen molar-refractivity contribution >= 4 is 0 Å². The van der Waals surface area contributed by atoms with E-state index in [9.17, 15) is 0 Å². The van der Waals surface area contributed by atoms with E-state index in [2.05, 4.69) is 81.4 Å². The molecule has 2 aromatic carbocycles. The first-order valence-electron chi connectivity index (χ1n) is 10.6. The maximum Gasteiger partial charge on any atom is 0.103 e. The Kier molecular flexibility index (Phi) is 7.09. The largest absolute Gasteiger partial charge is 0.376 e. The molecule has 0 saturated carbocycles. The predicted octanol–water partition coefficient (Wildman–Crippen LogP) is 4.47. The van der Waals surface area contributed by atoms with Gasteiger partial charge in [-0.2, -0.15) is 0 Å². The number of benzene rings is 2. The topological polar surface area (TPSA) is 13.7 Å². The number of ether oxygens (including phenoxy) is 1. The van der Waals surface area contributed by atoms with Crippen LogP contribution in [0.15, 0.2) is 60.7 Å². The van der Waals surface area contributed by atoms with Gasteiger partial charge in [-0.05, 0) is 51.0 Å². The molecule has 27 heavy (non-hydrogen) atoms. The minimum Gasteiger partial charge on any atom is -0.376 e. The van der Waals surface area contributed by atoms with Gasteiger partial charge in [0, 0.05) is 18.6 Å². The number of nitrogens with one attached hydrogen (secondary N) is 1. The lowest BCUT2D eigenvalue weighted by Gasteiger charge is -2.39. The van der Waals surface area contributed by atoms with Gasteiger partial charge in [-0.15, -0.1) is 0 Å². The van der Waals surface area contributed by atoms with E-state index in [0.717, 1.165) is 19.6 Å². The number of hydrogen-bond donors (Lipinski definition) is 1. The minimum absolute atomic E-state index is 0.0112. The van der Waals surface area contributed by atoms with Crippen LogP contribution in [0, 0.1) is 5.92 Å². The van der Waals surface area contributed by atoms with Crippen molar-refractivity contribution in [1.82, 2.24) is 0 Å². The van der Waals surface area contributed by atoms with Crippen LogP contribution in [-0.2, 0) is 11.3 Å². The third kappa shape index (κ3) is 5.92. The Hall–Kier alpha value is -1.64. The molecule has 1 N–H and O–H groups in total. The van der Waals surface area contributed by atoms with Crippen molar-refractivity contribution < 1.29 is 9.64 Å². The Labute approximate surface area is 165 Å². The molecule has 0 radical (unpaired) electrons. The lowest BCUT2D eigenvalue weighted by molar-refractivity contribution is -0.912. The average molecular weight is 367 g/mol. The van der Waals surface area contributed by atoms with Crippen molar-refractivity contribution in [3.63, 3.8) is 0 Å². The van der Waals surface area contributed by atoms with Crippen LogP contribution >= 0.6 is 0 Å². The molecule has 1 saturated heterocycles. The van der Waals surface area contributed by atoms with E-state index < -0.39 is 0 Å². The molecule has 0 aliphatic carbocycles. The Balaban J connectivity index is 1.69. The van der Waals surface area contributed by atoms with Gasteiger partial charge in [0.05, 0.1) is 18.7 Å². The summed E-state index contributed by atoms with van der Waals surface area (Å²) >= 11 is 0. The lowest BCUT2D eigenvalue weighted by atomic mass is 9.75. The smallest absolute Gasteiger partial charge is 0.103 e. The summed E-state index contributed by atoms with van der Waals surface area (Å²) in [4.78, 5) is 1.67. The Morgan fingerprint density at radius 3 is 2.33 bits per heavy atom. The van der Waals surface area contributed by atoms with Crippen molar-refractivity contribution in [3.8, 4) is 0 Å². The van der Waals surface area contributed by atoms with Gasteiger partial charge in [-0.25, -0.2) is 0 Å². The second-order valence-electron chi connectivity index (χ2n) is 8.68. The van der Waals surface area contributed by atoms with Crippen molar-refractivity contribution in [3.05, 3.63) is 71.8 Å². The van der Waals surface area contributed by atoms with Crippen LogP contribution in [0.25, 0.3) is 0 Å². The van der Waals surface area contributed by atoms with Gasteiger partial charge >= 0.3 is 0 Å². The zero-order valence-corrected chi connectivity index (χ0v) is 17.3. The number of quaternary nitrogens is 1. The molecule has 2 aromatic rings. The van der Waals surface area contributed by atoms with E-state index in [1.165, 1.54) is 37.1 Å². The summed E-state index contributed by atoms with van der Waals surface area (Å²) in [6.45, 7) is 11.2. The summed E-state index contributed by atoms with van der Waals surface area (Å²) in [5.41, 5.74) is 2.96. The first kappa shape index (κ1) is 20.1. The SMILES string of the molecule is CC[NH+](CC[C@H](c1ccccc1)[C@@H]1CCOC(C)(C)C1)Cc1ccccc1. The van der Waals surface area contributed by atoms with Crippen LogP contribution in [0.5, 0.6) is 0 Å². The summed E-state index contributed by atoms with van der Waals surface area (Å²) in [5.74, 6) is 1.35. The average Bonchev–Trinajstić information content (AvgIpc) is 2.68. The summed E-state index contributed by atoms with van der Waals surface area (Å²) in [6.07, 6.45) is 3.59. The maximum absolute atomic E-state index is 6.00. The number of hydrogen-bond acceptors (Lipinski definition) is 1. The van der Waals surface area contributed by atoms with E-state index in [1.807, 2.05) is 0 Å². The fourth-order valence-corrected chi connectivity index (χ4v) is 4.63. The fourth-order valence-electron chi connectivity index (χ4n) is 4.63. The normalized spacial score (nSPS) is 21.5. The van der Waals surface area contributed by atoms with E-state index >= 15 is 0 Å². The first-order chi connectivity index (χ1) is 13.1. The van der Waals surface area contributed by atoms with Gasteiger partial charge in [0.1, 0.15) is 6.54 Å². The molecular formula is C25H36NO+. The summed E-state index contributed by atoms with van der Waals surface area (Å²) in [6, 6.07) is 22.1. The predicted molar refractivity (Wildman–Crippen MR) is 113 cm³/mol. The Morgan fingerprint density at radius 1 is 1.04 bits per heavy atom. The molecule has 0 aromatic heterocycles. The molecule has 2 heteroatoms. The number of rotatable bonds is 8. The van der Waals surface area contributed by atoms with Gasteiger partial charge in [-0.3, -0.25) is 0 Å². The summed E-state index contributed by atoms with van der Waals surface area (Å²) in [7, 11) is 0. The zero-order valence-electron chi connectivity index (χ0n) is 17.3. The third-order valence-corrected chi connectivity index (χ3v) is 6.14. The second kappa shape index (κ2) is 9.52. The molecule has 146 valence electrons. The van der Waals surface area contributed by atoms with Gasteiger partial charge in [-0.1, -0.05) is 60.7 Å². The van der Waals surface area contributed by atoms with E-state index in [0.29, 0.717) is 11.8 Å². The standard InChI is InChI=1S/C25H35NO/c1-4-26(20-21-11-7-5-8-12-21)17-15-24(22-13-9-6-10-14-22)23-16-18-27-25(2,3)19-23/h5-14,23-24H,4,15-20H2,1-3H3/p+1/t23-,24-/m1/s1. The minimum atomic E-state index is 0.0112. The molecule has 3 rings (SSSR count). The molecule has 1 fully saturated rings. The summed E-state index contributed by atoms with van der Waals surface area (Å²) < 4.78 is 6.00. The van der Waals surface area contributed by atoms with Crippen LogP contribution in [0.4, 0.5) is 0 Å². The maximum atomic E-state index is 6.00. The summed E-state index contributed by atoms with van der Waals surface area (Å²) in [5, 5.41) is 0. The van der Waals surface area contributed by atoms with Crippen LogP contribution in [0.2, 0.25) is 0 Å². The molecule has 0 bridgehead atoms. The highest BCUT2D eigenvalue weighted by Gasteiger charge is 2.34. The second-order valence-corrected chi connectivity index (χ2v) is 8.68. The first-order valence-corrected chi connectivity index (χ1v) is 10.6. The third-order valence-electron chi connectivity index (χ3n) is 6.14. The molecule has 1 aliphatic rings. The van der Waals surface area contributed by atoms with Crippen molar-refractivity contribution in [2.75, 3.05) is 19.7 Å². The van der Waals surface area contributed by atoms with E-state index in [-0.39, 0.29) is 5.60 Å². The van der Waals surface area contributed by atoms with Crippen LogP contribution in [0.1, 0.15) is 57.1 Å². The quantitative estimate of drug-likeness (QED) is 0.728. The highest BCUT2D eigenvalue weighted by atomic mass is 16.5. The highest BCUT2D eigenvalue weighted by Crippen LogP contribution is 2.39. The Morgan fingerprint density at radius 2 is 1.70 bits per heavy atom. The van der Waals surface area contributed by atoms with Gasteiger partial charge in [0.25, 0.3) is 0 Å². The molecule has 0 amide bonds. The van der Waals surface area contributed by atoms with Crippen LogP contribution < -0.4 is 4.90 Å². The van der Waals surface area contributed by atoms with E-state index in [1.54, 1.807) is 4.90 Å². The monoisotopic (exact) mass is 366 g/mol. The van der Waals surface area contributed by atoms with Gasteiger partial charge in [0.2, 0.25) is 0 Å². The highest BCUT2D eigenvalue weighted by molar-refractivity contribution is 5.21. The molecule has 1 unspecified atom stereocenters. The Bertz CT molecular complexity index is 667. The molecule has 1 heterocycles. The lowest BCUT2D eigenvalue weighted by Crippen LogP contribution is -3.10. The van der Waals surface area contributed by atoms with Crippen molar-refractivity contribution in [2.24, 2.45) is 5.92 Å². The van der Waals surface area contributed by atoms with Crippen molar-refractivity contribution in [2.45, 2.75) is 58.1 Å². The molecular weight excluding hydrogens is 330 g/mol. The van der Waals surface area contributed by atoms with Gasteiger partial charge in [0.15, 0.2) is 0 Å². The van der Waals surface area contributed by atoms with Crippen LogP contribution in [0.3, 0.4) is 0 Å². The molecule has 1 aliphatic heterocycles. The molecule has 0 spiro atoms. The molecule has 3 atom stereocenters. The van der Waals surface area contributed by atoms with Crippen molar-refractivity contribution in [1.29, 1.82) is 0 Å². The zero-order chi connectivity index (χ0) is 19.1. The van der Waals surface area contributed by atoms with Crippen LogP contribution in [-0.4, -0.2) is 25.3 Å². The fraction of sp³-hybridized carbons (Fsp3) is 0.520. The van der Waals surface area contributed by atoms with Gasteiger partial charge < -0.3 is 9.64 Å². The molecule has 2 nitrogen and oxygen atoms in total. The van der Waals surface area contributed by atoms with E-state index in [4.69, 9.17) is 4.74 Å².